The Hall–Kier alpha value is -3.43. The summed E-state index contributed by atoms with van der Waals surface area (Å²) in [5.74, 6) is -2.14. The van der Waals surface area contributed by atoms with Gasteiger partial charge in [-0.05, 0) is 37.8 Å². The second kappa shape index (κ2) is 8.72. The number of nitrogens with one attached hydrogen (secondary N) is 3. The van der Waals surface area contributed by atoms with Crippen molar-refractivity contribution < 1.29 is 29.1 Å². The van der Waals surface area contributed by atoms with Gasteiger partial charge in [0.05, 0.1) is 11.1 Å². The predicted molar refractivity (Wildman–Crippen MR) is 101 cm³/mol. The third-order valence-electron chi connectivity index (χ3n) is 4.91. The minimum atomic E-state index is -1.05. The van der Waals surface area contributed by atoms with Crippen LogP contribution in [0, 0.1) is 0 Å². The van der Waals surface area contributed by atoms with Crippen molar-refractivity contribution in [3.05, 3.63) is 29.3 Å². The average Bonchev–Trinajstić information content (AvgIpc) is 2.92. The van der Waals surface area contributed by atoms with Crippen LogP contribution in [0.25, 0.3) is 0 Å². The molecule has 0 spiro atoms. The molecule has 10 heteroatoms. The van der Waals surface area contributed by atoms with Crippen LogP contribution in [-0.4, -0.2) is 58.9 Å². The summed E-state index contributed by atoms with van der Waals surface area (Å²) in [5, 5.41) is 16.1. The molecule has 1 atom stereocenters. The van der Waals surface area contributed by atoms with Crippen molar-refractivity contribution in [1.82, 2.24) is 15.5 Å². The van der Waals surface area contributed by atoms with Crippen LogP contribution in [0.1, 0.15) is 52.8 Å². The predicted octanol–water partition coefficient (Wildman–Crippen LogP) is 0.938. The number of hydrogen-bond acceptors (Lipinski definition) is 6. The van der Waals surface area contributed by atoms with E-state index < -0.39 is 35.8 Å². The molecule has 2 heterocycles. The van der Waals surface area contributed by atoms with Crippen molar-refractivity contribution in [3.63, 3.8) is 0 Å². The maximum Gasteiger partial charge on any atom is 0.404 e. The second-order valence-corrected chi connectivity index (χ2v) is 6.89. The molecule has 0 bridgehead atoms. The third kappa shape index (κ3) is 4.36. The molecule has 4 N–H and O–H groups in total. The first-order valence-electron chi connectivity index (χ1n) is 9.45. The summed E-state index contributed by atoms with van der Waals surface area (Å²) < 4.78 is 0. The lowest BCUT2D eigenvalue weighted by Crippen LogP contribution is -2.54. The number of imide groups is 2. The Balaban J connectivity index is 1.63. The lowest BCUT2D eigenvalue weighted by molar-refractivity contribution is -0.136. The molecule has 10 nitrogen and oxygen atoms in total. The summed E-state index contributed by atoms with van der Waals surface area (Å²) in [7, 11) is 0. The topological polar surface area (TPSA) is 145 Å². The number of nitrogens with zero attached hydrogens (tertiary/aromatic N) is 1. The fraction of sp³-hybridized carbons (Fsp3) is 0.421. The first-order chi connectivity index (χ1) is 13.9. The number of carbonyl (C=O) groups is 5. The second-order valence-electron chi connectivity index (χ2n) is 6.89. The Kier molecular flexibility index (Phi) is 6.10. The van der Waals surface area contributed by atoms with Crippen LogP contribution >= 0.6 is 0 Å². The van der Waals surface area contributed by atoms with E-state index in [0.29, 0.717) is 25.2 Å². The van der Waals surface area contributed by atoms with Gasteiger partial charge >= 0.3 is 6.09 Å². The number of carboxylic acid groups (broad SMARTS) is 1. The van der Waals surface area contributed by atoms with Crippen molar-refractivity contribution in [3.8, 4) is 0 Å². The molecule has 1 aromatic rings. The quantitative estimate of drug-likeness (QED) is 0.374. The fourth-order valence-electron chi connectivity index (χ4n) is 3.51. The van der Waals surface area contributed by atoms with E-state index in [1.807, 2.05) is 0 Å². The maximum atomic E-state index is 12.9. The summed E-state index contributed by atoms with van der Waals surface area (Å²) >= 11 is 0. The number of hydrogen-bond donors (Lipinski definition) is 4. The number of fused-ring (bicyclic) bond motifs is 1. The number of carbonyl (C=O) groups excluding carboxylic acids is 4. The Morgan fingerprint density at radius 2 is 1.86 bits per heavy atom. The van der Waals surface area contributed by atoms with E-state index in [9.17, 15) is 24.0 Å². The molecule has 2 aliphatic heterocycles. The molecule has 5 amide bonds. The zero-order valence-corrected chi connectivity index (χ0v) is 15.7. The summed E-state index contributed by atoms with van der Waals surface area (Å²) in [5.41, 5.74) is 0.976. The fourth-order valence-corrected chi connectivity index (χ4v) is 3.51. The number of amides is 5. The molecule has 0 radical (unpaired) electrons. The van der Waals surface area contributed by atoms with Crippen LogP contribution in [-0.2, 0) is 9.59 Å². The monoisotopic (exact) mass is 402 g/mol. The van der Waals surface area contributed by atoms with Gasteiger partial charge in [-0.1, -0.05) is 6.07 Å². The van der Waals surface area contributed by atoms with Gasteiger partial charge < -0.3 is 15.7 Å². The highest BCUT2D eigenvalue weighted by molar-refractivity contribution is 6.25. The van der Waals surface area contributed by atoms with Crippen molar-refractivity contribution >= 4 is 35.4 Å². The van der Waals surface area contributed by atoms with Gasteiger partial charge in [-0.25, -0.2) is 4.79 Å². The molecular weight excluding hydrogens is 380 g/mol. The highest BCUT2D eigenvalue weighted by atomic mass is 16.4. The molecule has 2 aliphatic rings. The third-order valence-corrected chi connectivity index (χ3v) is 4.91. The van der Waals surface area contributed by atoms with E-state index in [4.69, 9.17) is 5.11 Å². The minimum Gasteiger partial charge on any atom is -0.465 e. The Morgan fingerprint density at radius 1 is 1.10 bits per heavy atom. The molecule has 29 heavy (non-hydrogen) atoms. The molecule has 1 saturated heterocycles. The highest BCUT2D eigenvalue weighted by Crippen LogP contribution is 2.32. The van der Waals surface area contributed by atoms with Crippen molar-refractivity contribution in [2.75, 3.05) is 18.4 Å². The van der Waals surface area contributed by atoms with Gasteiger partial charge in [-0.2, -0.15) is 0 Å². The van der Waals surface area contributed by atoms with E-state index in [2.05, 4.69) is 16.0 Å². The number of benzene rings is 1. The van der Waals surface area contributed by atoms with Crippen molar-refractivity contribution in [2.45, 2.75) is 38.1 Å². The Bertz CT molecular complexity index is 868. The minimum absolute atomic E-state index is 0.0751. The molecule has 1 unspecified atom stereocenters. The van der Waals surface area contributed by atoms with Gasteiger partial charge in [0.2, 0.25) is 11.8 Å². The maximum absolute atomic E-state index is 12.9. The van der Waals surface area contributed by atoms with Crippen LogP contribution in [0.2, 0.25) is 0 Å². The molecule has 1 aromatic carbocycles. The van der Waals surface area contributed by atoms with Crippen LogP contribution in [0.3, 0.4) is 0 Å². The number of rotatable bonds is 8. The van der Waals surface area contributed by atoms with E-state index >= 15 is 0 Å². The van der Waals surface area contributed by atoms with E-state index in [0.717, 1.165) is 17.7 Å². The summed E-state index contributed by atoms with van der Waals surface area (Å²) in [4.78, 5) is 60.5. The normalized spacial score (nSPS) is 18.5. The molecule has 0 aliphatic carbocycles. The lowest BCUT2D eigenvalue weighted by atomic mass is 10.0. The molecule has 0 saturated carbocycles. The number of anilines is 1. The zero-order valence-electron chi connectivity index (χ0n) is 15.7. The van der Waals surface area contributed by atoms with Crippen LogP contribution in [0.5, 0.6) is 0 Å². The molecule has 0 aromatic heterocycles. The van der Waals surface area contributed by atoms with Crippen molar-refractivity contribution in [2.24, 2.45) is 0 Å². The molecule has 1 fully saturated rings. The van der Waals surface area contributed by atoms with Gasteiger partial charge in [0.25, 0.3) is 11.8 Å². The molecule has 3 rings (SSSR count). The number of piperidine rings is 1. The summed E-state index contributed by atoms with van der Waals surface area (Å²) in [6.07, 6.45) is 1.38. The summed E-state index contributed by atoms with van der Waals surface area (Å²) in [6.45, 7) is 0.924. The number of unbranched alkanes of at least 4 members (excludes halogenated alkanes) is 2. The van der Waals surface area contributed by atoms with Crippen LogP contribution in [0.4, 0.5) is 10.5 Å². The van der Waals surface area contributed by atoms with Gasteiger partial charge in [-0.3, -0.25) is 29.4 Å². The van der Waals surface area contributed by atoms with Gasteiger partial charge in [-0.15, -0.1) is 0 Å². The van der Waals surface area contributed by atoms with Gasteiger partial charge in [0, 0.05) is 25.2 Å². The lowest BCUT2D eigenvalue weighted by Gasteiger charge is -2.27. The standard InChI is InChI=1S/C19H22N4O6/c24-14-8-7-13(16(25)22-14)23-17(26)11-5-4-6-12(15(11)18(23)27)20-9-2-1-3-10-21-19(28)29/h4-6,13,20-21H,1-3,7-10H2,(H,28,29)(H,22,24,25). The van der Waals surface area contributed by atoms with Crippen molar-refractivity contribution in [1.29, 1.82) is 0 Å². The van der Waals surface area contributed by atoms with Gasteiger partial charge in [0.15, 0.2) is 0 Å². The SMILES string of the molecule is O=C(O)NCCCCCNc1cccc2c1C(=O)N(C1CCC(=O)NC1=O)C2=O. The van der Waals surface area contributed by atoms with E-state index in [1.165, 1.54) is 0 Å². The zero-order chi connectivity index (χ0) is 21.0. The Labute approximate surface area is 166 Å². The van der Waals surface area contributed by atoms with Crippen LogP contribution < -0.4 is 16.0 Å². The first kappa shape index (κ1) is 20.3. The Morgan fingerprint density at radius 3 is 2.59 bits per heavy atom. The van der Waals surface area contributed by atoms with Gasteiger partial charge in [0.1, 0.15) is 6.04 Å². The van der Waals surface area contributed by atoms with E-state index in [-0.39, 0.29) is 24.0 Å². The average molecular weight is 402 g/mol. The van der Waals surface area contributed by atoms with Crippen LogP contribution in [0.15, 0.2) is 18.2 Å². The summed E-state index contributed by atoms with van der Waals surface area (Å²) in [6, 6.07) is 3.92. The van der Waals surface area contributed by atoms with E-state index in [1.54, 1.807) is 18.2 Å². The molecule has 154 valence electrons. The first-order valence-corrected chi connectivity index (χ1v) is 9.45. The molecular formula is C19H22N4O6. The highest BCUT2D eigenvalue weighted by Gasteiger charge is 2.45. The smallest absolute Gasteiger partial charge is 0.404 e. The largest absolute Gasteiger partial charge is 0.465 e.